The predicted octanol–water partition coefficient (Wildman–Crippen LogP) is 30.2. The molecule has 0 saturated heterocycles. The molecule has 0 fully saturated rings. The first kappa shape index (κ1) is 66.6. The number of fused-ring (bicyclic) bond motifs is 21. The van der Waals surface area contributed by atoms with E-state index in [1.165, 1.54) is 93.2 Å². The van der Waals surface area contributed by atoms with Crippen LogP contribution in [0.15, 0.2) is 310 Å². The van der Waals surface area contributed by atoms with Gasteiger partial charge in [0.15, 0.2) is 0 Å². The van der Waals surface area contributed by atoms with E-state index >= 15 is 0 Å². The molecule has 7 heteroatoms. The summed E-state index contributed by atoms with van der Waals surface area (Å²) in [5, 5.41) is 16.5. The Labute approximate surface area is 620 Å². The fourth-order valence-electron chi connectivity index (χ4n) is 16.7. The van der Waals surface area contributed by atoms with E-state index in [-0.39, 0.29) is 21.7 Å². The first-order chi connectivity index (χ1) is 51.6. The van der Waals surface area contributed by atoms with Gasteiger partial charge in [-0.2, -0.15) is 0 Å². The molecular weight excluding hydrogens is 1310 g/mol. The van der Waals surface area contributed by atoms with Crippen molar-refractivity contribution in [2.24, 2.45) is 0 Å². The Morgan fingerprint density at radius 1 is 0.168 bits per heavy atom. The molecule has 7 heterocycles. The Morgan fingerprint density at radius 3 is 0.841 bits per heavy atom. The highest BCUT2D eigenvalue weighted by Crippen LogP contribution is 2.52. The summed E-state index contributed by atoms with van der Waals surface area (Å²) in [5.74, 6) is 0. The number of hydrogen-bond acceptors (Lipinski definition) is 7. The zero-order chi connectivity index (χ0) is 73.4. The molecule has 0 atom stereocenters. The van der Waals surface area contributed by atoms with Gasteiger partial charge >= 0.3 is 0 Å². The summed E-state index contributed by atoms with van der Waals surface area (Å²) < 4.78 is 44.1. The second kappa shape index (κ2) is 25.2. The number of furan rings is 7. The molecule has 0 spiro atoms. The van der Waals surface area contributed by atoms with Crippen molar-refractivity contribution in [1.82, 2.24) is 0 Å². The molecule has 14 aromatic carbocycles. The van der Waals surface area contributed by atoms with Gasteiger partial charge in [-0.3, -0.25) is 0 Å². The van der Waals surface area contributed by atoms with E-state index in [1.54, 1.807) is 0 Å². The Bertz CT molecular complexity index is 6690. The molecule has 0 radical (unpaired) electrons. The van der Waals surface area contributed by atoms with Crippen molar-refractivity contribution in [3.8, 4) is 33.4 Å². The van der Waals surface area contributed by atoms with Gasteiger partial charge in [-0.25, -0.2) is 0 Å². The molecule has 0 aliphatic rings. The van der Waals surface area contributed by atoms with Gasteiger partial charge in [0.25, 0.3) is 0 Å². The smallest absolute Gasteiger partial charge is 0.142 e. The van der Waals surface area contributed by atoms with Crippen LogP contribution in [-0.4, -0.2) is 0 Å². The van der Waals surface area contributed by atoms with Crippen molar-refractivity contribution in [2.45, 2.75) is 105 Å². The molecule has 7 aromatic heterocycles. The SMILES string of the molecule is CC(C)(C)c1c(-c2ccccc2)ccc2c1oc1ccccc12.CC(C)(C)c1c2c(cc3oc4cccc(-c5ccccc5)c4c13)oc1cccc(-c3ccccc3)c12.CC(C)(C)c1c2c(cc3oc4ccccc4c13)oc1ccccc12.CC(C)(C)c1c2oc3ccccc3c2cc2c1oc1ccccc12. The van der Waals surface area contributed by atoms with Gasteiger partial charge in [-0.05, 0) is 121 Å². The lowest BCUT2D eigenvalue weighted by Crippen LogP contribution is -2.13. The molecule has 524 valence electrons. The number of rotatable bonds is 3. The van der Waals surface area contributed by atoms with Crippen molar-refractivity contribution in [2.75, 3.05) is 0 Å². The van der Waals surface area contributed by atoms with E-state index in [4.69, 9.17) is 30.9 Å². The molecule has 0 N–H and O–H groups in total. The van der Waals surface area contributed by atoms with Crippen molar-refractivity contribution >= 4 is 154 Å². The third-order valence-electron chi connectivity index (χ3n) is 21.1. The van der Waals surface area contributed by atoms with Crippen molar-refractivity contribution < 1.29 is 30.9 Å². The summed E-state index contributed by atoms with van der Waals surface area (Å²) in [6.07, 6.45) is 0. The minimum absolute atomic E-state index is 0.00143. The van der Waals surface area contributed by atoms with E-state index in [0.29, 0.717) is 0 Å². The Morgan fingerprint density at radius 2 is 0.458 bits per heavy atom. The summed E-state index contributed by atoms with van der Waals surface area (Å²) in [4.78, 5) is 0. The molecule has 21 aromatic rings. The Kier molecular flexibility index (Phi) is 15.7. The lowest BCUT2D eigenvalue weighted by Gasteiger charge is -2.23. The van der Waals surface area contributed by atoms with Crippen LogP contribution < -0.4 is 0 Å². The fraction of sp³-hybridized carbons (Fsp3) is 0.160. The number of hydrogen-bond donors (Lipinski definition) is 0. The van der Waals surface area contributed by atoms with E-state index in [0.717, 1.165) is 116 Å². The molecule has 0 amide bonds. The highest BCUT2D eigenvalue weighted by molar-refractivity contribution is 6.25. The Balaban J connectivity index is 0.000000103. The first-order valence-corrected chi connectivity index (χ1v) is 37.1. The molecule has 0 bridgehead atoms. The zero-order valence-electron chi connectivity index (χ0n) is 62.4. The lowest BCUT2D eigenvalue weighted by molar-refractivity contribution is 0.559. The van der Waals surface area contributed by atoms with Gasteiger partial charge in [0.2, 0.25) is 0 Å². The van der Waals surface area contributed by atoms with Gasteiger partial charge in [-0.15, -0.1) is 0 Å². The molecule has 107 heavy (non-hydrogen) atoms. The van der Waals surface area contributed by atoms with Crippen LogP contribution in [0.5, 0.6) is 0 Å². The van der Waals surface area contributed by atoms with Gasteiger partial charge in [-0.1, -0.05) is 295 Å². The largest absolute Gasteiger partial charge is 0.456 e. The van der Waals surface area contributed by atoms with E-state index < -0.39 is 0 Å². The summed E-state index contributed by atoms with van der Waals surface area (Å²) >= 11 is 0. The maximum Gasteiger partial charge on any atom is 0.142 e. The van der Waals surface area contributed by atoms with Crippen molar-refractivity contribution in [3.63, 3.8) is 0 Å². The van der Waals surface area contributed by atoms with Gasteiger partial charge < -0.3 is 30.9 Å². The fourth-order valence-corrected chi connectivity index (χ4v) is 16.7. The standard InChI is InChI=1S/C34H26O2.2C22H18O2.C22H20O/c1-34(2,3)33-31-27(35-25-18-10-16-23(29(25)31)21-12-6-4-7-13-21)20-28-32(33)30-24(17-11-19-26(30)36-28)22-14-8-5-9-15-22;1-22(2,3)19-20-15(13-8-4-6-10-17(13)23-20)12-16-14-9-5-7-11-18(14)24-21(16)19;1-22(2,3)21-19-13-8-4-6-10-15(13)23-17(19)12-18-20(21)14-9-5-7-11-16(14)24-18;1-22(2,3)20-16(15-9-5-4-6-10-15)13-14-18-17-11-7-8-12-19(17)23-21(18)20/h4-20H,1-3H3;2*4-12H,1-3H3;4-14H,1-3H3. The van der Waals surface area contributed by atoms with Crippen LogP contribution in [0.25, 0.3) is 187 Å². The quantitative estimate of drug-likeness (QED) is 0.174. The number of benzene rings is 14. The molecular formula is C100H82O7. The second-order valence-electron chi connectivity index (χ2n) is 32.5. The maximum atomic E-state index is 6.51. The average Bonchev–Trinajstić information content (AvgIpc) is 1.61. The van der Waals surface area contributed by atoms with Crippen LogP contribution in [0.2, 0.25) is 0 Å². The normalized spacial score (nSPS) is 12.5. The van der Waals surface area contributed by atoms with Gasteiger partial charge in [0.05, 0.1) is 0 Å². The first-order valence-electron chi connectivity index (χ1n) is 37.1. The van der Waals surface area contributed by atoms with Crippen LogP contribution in [0, 0.1) is 0 Å². The van der Waals surface area contributed by atoms with E-state index in [2.05, 4.69) is 295 Å². The third kappa shape index (κ3) is 11.3. The summed E-state index contributed by atoms with van der Waals surface area (Å²) in [7, 11) is 0. The van der Waals surface area contributed by atoms with Gasteiger partial charge in [0.1, 0.15) is 78.2 Å². The van der Waals surface area contributed by atoms with Crippen LogP contribution in [0.1, 0.15) is 105 Å². The van der Waals surface area contributed by atoms with E-state index in [1.807, 2.05) is 66.7 Å². The second-order valence-corrected chi connectivity index (χ2v) is 32.5. The Hall–Kier alpha value is -12.3. The predicted molar refractivity (Wildman–Crippen MR) is 448 cm³/mol. The van der Waals surface area contributed by atoms with Gasteiger partial charge in [0, 0.05) is 98.7 Å². The third-order valence-corrected chi connectivity index (χ3v) is 21.1. The topological polar surface area (TPSA) is 92.0 Å². The molecule has 7 nitrogen and oxygen atoms in total. The maximum absolute atomic E-state index is 6.51. The molecule has 21 rings (SSSR count). The highest BCUT2D eigenvalue weighted by atomic mass is 16.4. The zero-order valence-corrected chi connectivity index (χ0v) is 62.4. The summed E-state index contributed by atoms with van der Waals surface area (Å²) in [6.45, 7) is 27.0. The van der Waals surface area contributed by atoms with Crippen LogP contribution in [0.3, 0.4) is 0 Å². The molecule has 0 saturated carbocycles. The van der Waals surface area contributed by atoms with E-state index in [9.17, 15) is 0 Å². The highest BCUT2D eigenvalue weighted by Gasteiger charge is 2.33. The summed E-state index contributed by atoms with van der Waals surface area (Å²) in [5.41, 5.74) is 24.8. The monoisotopic (exact) mass is 1390 g/mol. The van der Waals surface area contributed by atoms with Crippen LogP contribution in [-0.2, 0) is 21.7 Å². The summed E-state index contributed by atoms with van der Waals surface area (Å²) in [6, 6.07) is 96.5. The average molecular weight is 1400 g/mol. The van der Waals surface area contributed by atoms with Crippen LogP contribution in [0.4, 0.5) is 0 Å². The molecule has 0 aliphatic heterocycles. The number of para-hydroxylation sites is 5. The molecule has 0 aliphatic carbocycles. The van der Waals surface area contributed by atoms with Crippen molar-refractivity contribution in [1.29, 1.82) is 0 Å². The van der Waals surface area contributed by atoms with Crippen LogP contribution >= 0.6 is 0 Å². The van der Waals surface area contributed by atoms with Crippen molar-refractivity contribution in [3.05, 3.63) is 301 Å². The molecule has 0 unspecified atom stereocenters. The lowest BCUT2D eigenvalue weighted by atomic mass is 9.80. The minimum atomic E-state index is -0.154. The minimum Gasteiger partial charge on any atom is -0.456 e.